The lowest BCUT2D eigenvalue weighted by atomic mass is 10.1. The molecule has 0 saturated heterocycles. The number of carbonyl (C=O) groups is 2. The number of hydrogen-bond acceptors (Lipinski definition) is 8. The van der Waals surface area contributed by atoms with Crippen LogP contribution in [-0.2, 0) is 32.7 Å². The van der Waals surface area contributed by atoms with Crippen LogP contribution in [0.3, 0.4) is 0 Å². The first kappa shape index (κ1) is 49.1. The largest absolute Gasteiger partial charge is 0.472 e. The van der Waals surface area contributed by atoms with Crippen molar-refractivity contribution in [2.45, 2.75) is 200 Å². The minimum Gasteiger partial charge on any atom is -0.462 e. The number of esters is 2. The van der Waals surface area contributed by atoms with Crippen LogP contribution in [0.1, 0.15) is 194 Å². The second-order valence-electron chi connectivity index (χ2n) is 13.5. The maximum atomic E-state index is 12.5. The molecule has 0 spiro atoms. The van der Waals surface area contributed by atoms with Crippen LogP contribution in [0, 0.1) is 23.7 Å². The minimum absolute atomic E-state index is 0.0456. The van der Waals surface area contributed by atoms with Crippen molar-refractivity contribution in [3.8, 4) is 23.7 Å². The van der Waals surface area contributed by atoms with Gasteiger partial charge in [0.15, 0.2) is 6.10 Å². The Balaban J connectivity index is 4.23. The van der Waals surface area contributed by atoms with E-state index in [0.717, 1.165) is 77.0 Å². The molecule has 0 aromatic rings. The van der Waals surface area contributed by atoms with Crippen molar-refractivity contribution < 1.29 is 37.6 Å². The van der Waals surface area contributed by atoms with Gasteiger partial charge in [-0.2, -0.15) is 0 Å². The van der Waals surface area contributed by atoms with Crippen LogP contribution in [0.5, 0.6) is 0 Å². The van der Waals surface area contributed by atoms with E-state index < -0.39 is 32.5 Å². The summed E-state index contributed by atoms with van der Waals surface area (Å²) < 4.78 is 32.7. The maximum absolute atomic E-state index is 12.5. The summed E-state index contributed by atoms with van der Waals surface area (Å²) in [6.45, 7) is 3.64. The van der Waals surface area contributed by atoms with Gasteiger partial charge >= 0.3 is 19.8 Å². The molecule has 3 N–H and O–H groups in total. The number of rotatable bonds is 35. The Labute approximate surface area is 312 Å². The highest BCUT2D eigenvalue weighted by molar-refractivity contribution is 7.47. The first-order chi connectivity index (χ1) is 24.8. The molecule has 0 aromatic carbocycles. The van der Waals surface area contributed by atoms with E-state index in [1.807, 2.05) is 0 Å². The molecule has 0 amide bonds. The molecular formula is C41H74NO8P. The molecule has 2 unspecified atom stereocenters. The highest BCUT2D eigenvalue weighted by Crippen LogP contribution is 2.43. The zero-order valence-electron chi connectivity index (χ0n) is 32.5. The monoisotopic (exact) mass is 740 g/mol. The number of hydrogen-bond donors (Lipinski definition) is 2. The average Bonchev–Trinajstić information content (AvgIpc) is 3.11. The first-order valence-corrected chi connectivity index (χ1v) is 21.9. The molecule has 0 aliphatic heterocycles. The van der Waals surface area contributed by atoms with Gasteiger partial charge in [-0.3, -0.25) is 18.6 Å². The van der Waals surface area contributed by atoms with E-state index in [4.69, 9.17) is 24.3 Å². The van der Waals surface area contributed by atoms with Crippen molar-refractivity contribution >= 4 is 19.8 Å². The highest BCUT2D eigenvalue weighted by Gasteiger charge is 2.26. The number of phosphoric ester groups is 1. The van der Waals surface area contributed by atoms with E-state index in [2.05, 4.69) is 37.5 Å². The van der Waals surface area contributed by atoms with Crippen LogP contribution >= 0.6 is 7.82 Å². The van der Waals surface area contributed by atoms with E-state index in [0.29, 0.717) is 12.8 Å². The summed E-state index contributed by atoms with van der Waals surface area (Å²) in [6, 6.07) is 0. The van der Waals surface area contributed by atoms with Crippen LogP contribution in [0.25, 0.3) is 0 Å². The summed E-state index contributed by atoms with van der Waals surface area (Å²) in [4.78, 5) is 34.8. The third-order valence-corrected chi connectivity index (χ3v) is 9.43. The topological polar surface area (TPSA) is 134 Å². The molecule has 0 saturated carbocycles. The van der Waals surface area contributed by atoms with Gasteiger partial charge in [0.2, 0.25) is 0 Å². The van der Waals surface area contributed by atoms with Crippen LogP contribution in [-0.4, -0.2) is 49.3 Å². The maximum Gasteiger partial charge on any atom is 0.472 e. The second-order valence-corrected chi connectivity index (χ2v) is 14.9. The normalized spacial score (nSPS) is 12.6. The van der Waals surface area contributed by atoms with Crippen LogP contribution in [0.15, 0.2) is 0 Å². The zero-order chi connectivity index (χ0) is 37.5. The number of carbonyl (C=O) groups excluding carboxylic acids is 2. The van der Waals surface area contributed by atoms with Gasteiger partial charge in [0, 0.05) is 45.1 Å². The fourth-order valence-electron chi connectivity index (χ4n) is 5.37. The van der Waals surface area contributed by atoms with Gasteiger partial charge in [0.25, 0.3) is 0 Å². The number of phosphoric acid groups is 1. The molecule has 0 bridgehead atoms. The number of ether oxygens (including phenoxy) is 2. The molecule has 0 rings (SSSR count). The van der Waals surface area contributed by atoms with E-state index in [-0.39, 0.29) is 32.6 Å². The lowest BCUT2D eigenvalue weighted by molar-refractivity contribution is -0.161. The average molecular weight is 740 g/mol. The first-order valence-electron chi connectivity index (χ1n) is 20.4. The summed E-state index contributed by atoms with van der Waals surface area (Å²) in [5, 5.41) is 0. The SMILES string of the molecule is CCCCCCCCC#CCCCCCCCC(=O)OCC(COP(=O)(O)OCCN)OC(=O)CCCCCCCC#CCCCCCCCC. The van der Waals surface area contributed by atoms with Crippen molar-refractivity contribution in [3.05, 3.63) is 0 Å². The minimum atomic E-state index is -4.38. The molecule has 51 heavy (non-hydrogen) atoms. The zero-order valence-corrected chi connectivity index (χ0v) is 33.4. The Morgan fingerprint density at radius 2 is 0.961 bits per heavy atom. The summed E-state index contributed by atoms with van der Waals surface area (Å²) >= 11 is 0. The summed E-state index contributed by atoms with van der Waals surface area (Å²) in [6.07, 6.45) is 28.2. The van der Waals surface area contributed by atoms with Gasteiger partial charge in [-0.1, -0.05) is 117 Å². The molecular weight excluding hydrogens is 665 g/mol. The quantitative estimate of drug-likeness (QED) is 0.0282. The van der Waals surface area contributed by atoms with E-state index in [9.17, 15) is 19.0 Å². The van der Waals surface area contributed by atoms with Gasteiger partial charge in [-0.15, -0.1) is 23.7 Å². The third-order valence-electron chi connectivity index (χ3n) is 8.45. The van der Waals surface area contributed by atoms with E-state index in [1.54, 1.807) is 0 Å². The highest BCUT2D eigenvalue weighted by atomic mass is 31.2. The fourth-order valence-corrected chi connectivity index (χ4v) is 6.13. The lowest BCUT2D eigenvalue weighted by Crippen LogP contribution is -2.29. The molecule has 0 heterocycles. The van der Waals surface area contributed by atoms with Crippen molar-refractivity contribution in [3.63, 3.8) is 0 Å². The van der Waals surface area contributed by atoms with Gasteiger partial charge in [0.05, 0.1) is 13.2 Å². The van der Waals surface area contributed by atoms with E-state index in [1.165, 1.54) is 77.0 Å². The Kier molecular flexibility index (Phi) is 36.5. The van der Waals surface area contributed by atoms with Crippen molar-refractivity contribution in [2.24, 2.45) is 5.73 Å². The lowest BCUT2D eigenvalue weighted by Gasteiger charge is -2.19. The predicted molar refractivity (Wildman–Crippen MR) is 208 cm³/mol. The van der Waals surface area contributed by atoms with Gasteiger partial charge in [-0.05, 0) is 38.5 Å². The Hall–Kier alpha value is -1.87. The molecule has 2 atom stereocenters. The standard InChI is InChI=1S/C41H74NO8P/c1-3-5-7-9-11-13-15-17-19-21-23-25-27-29-31-33-40(43)47-37-39(38-49-51(45,46)48-36-35-42)50-41(44)34-32-30-28-26-24-22-20-18-16-14-12-10-8-6-4-2/h39H,3-16,21-38,42H2,1-2H3,(H,45,46). The van der Waals surface area contributed by atoms with Crippen LogP contribution in [0.4, 0.5) is 0 Å². The molecule has 0 fully saturated rings. The molecule has 0 aliphatic carbocycles. The van der Waals surface area contributed by atoms with Crippen LogP contribution < -0.4 is 5.73 Å². The van der Waals surface area contributed by atoms with Crippen molar-refractivity contribution in [2.75, 3.05) is 26.4 Å². The van der Waals surface area contributed by atoms with Gasteiger partial charge < -0.3 is 20.1 Å². The number of unbranched alkanes of at least 4 members (excludes halogenated alkanes) is 22. The Morgan fingerprint density at radius 3 is 1.39 bits per heavy atom. The Bertz CT molecular complexity index is 999. The summed E-state index contributed by atoms with van der Waals surface area (Å²) in [7, 11) is -4.38. The van der Waals surface area contributed by atoms with Crippen LogP contribution in [0.2, 0.25) is 0 Å². The summed E-state index contributed by atoms with van der Waals surface area (Å²) in [5.41, 5.74) is 5.33. The molecule has 296 valence electrons. The summed E-state index contributed by atoms with van der Waals surface area (Å²) in [5.74, 6) is 12.3. The molecule has 10 heteroatoms. The van der Waals surface area contributed by atoms with Crippen molar-refractivity contribution in [1.29, 1.82) is 0 Å². The molecule has 0 aliphatic rings. The fraction of sp³-hybridized carbons (Fsp3) is 0.854. The molecule has 0 aromatic heterocycles. The number of nitrogens with two attached hydrogens (primary N) is 1. The second kappa shape index (κ2) is 37.9. The third kappa shape index (κ3) is 37.7. The molecule has 9 nitrogen and oxygen atoms in total. The van der Waals surface area contributed by atoms with Gasteiger partial charge in [0.1, 0.15) is 6.61 Å². The predicted octanol–water partition coefficient (Wildman–Crippen LogP) is 10.5. The molecule has 0 radical (unpaired) electrons. The van der Waals surface area contributed by atoms with E-state index >= 15 is 0 Å². The van der Waals surface area contributed by atoms with Crippen molar-refractivity contribution in [1.82, 2.24) is 0 Å². The smallest absolute Gasteiger partial charge is 0.462 e. The Morgan fingerprint density at radius 1 is 0.569 bits per heavy atom. The van der Waals surface area contributed by atoms with Gasteiger partial charge in [-0.25, -0.2) is 4.57 Å².